The highest BCUT2D eigenvalue weighted by Gasteiger charge is 2.36. The molecule has 1 aliphatic rings. The van der Waals surface area contributed by atoms with Crippen LogP contribution in [0.3, 0.4) is 0 Å². The Morgan fingerprint density at radius 3 is 1.94 bits per heavy atom. The summed E-state index contributed by atoms with van der Waals surface area (Å²) in [4.78, 5) is 16.5. The molecule has 0 aromatic heterocycles. The van der Waals surface area contributed by atoms with E-state index in [4.69, 9.17) is 9.47 Å². The van der Waals surface area contributed by atoms with Crippen LogP contribution in [0.2, 0.25) is 0 Å². The van der Waals surface area contributed by atoms with Crippen LogP contribution >= 0.6 is 0 Å². The molecule has 1 aliphatic carbocycles. The van der Waals surface area contributed by atoms with Crippen molar-refractivity contribution in [2.75, 3.05) is 6.61 Å². The zero-order chi connectivity index (χ0) is 24.7. The van der Waals surface area contributed by atoms with Crippen LogP contribution in [0.25, 0.3) is 0 Å². The van der Waals surface area contributed by atoms with E-state index in [1.807, 2.05) is 32.9 Å². The van der Waals surface area contributed by atoms with Gasteiger partial charge in [0.25, 0.3) is 0 Å². The highest BCUT2D eigenvalue weighted by atomic mass is 32.2. The van der Waals surface area contributed by atoms with E-state index < -0.39 is 5.60 Å². The Morgan fingerprint density at radius 2 is 1.43 bits per heavy atom. The predicted octanol–water partition coefficient (Wildman–Crippen LogP) is 7.05. The Hall–Kier alpha value is -3.16. The third kappa shape index (κ3) is 6.10. The second-order valence-electron chi connectivity index (χ2n) is 8.94. The second-order valence-corrected chi connectivity index (χ2v) is 11.0. The lowest BCUT2D eigenvalue weighted by Crippen LogP contribution is -2.32. The lowest BCUT2D eigenvalue weighted by atomic mass is 10.0. The zero-order valence-electron chi connectivity index (χ0n) is 20.8. The third-order valence-electron chi connectivity index (χ3n) is 6.18. The maximum Gasteiger partial charge on any atom is 0.345 e. The van der Waals surface area contributed by atoms with Gasteiger partial charge in [-0.15, -0.1) is 0 Å². The molecule has 0 heterocycles. The Labute approximate surface area is 212 Å². The average molecular weight is 486 g/mol. The van der Waals surface area contributed by atoms with Crippen LogP contribution in [0.15, 0.2) is 87.5 Å². The predicted molar refractivity (Wildman–Crippen MR) is 142 cm³/mol. The summed E-state index contributed by atoms with van der Waals surface area (Å²) < 4.78 is 11.9. The van der Waals surface area contributed by atoms with Gasteiger partial charge < -0.3 is 9.47 Å². The van der Waals surface area contributed by atoms with E-state index in [9.17, 15) is 4.79 Å². The van der Waals surface area contributed by atoms with Crippen molar-refractivity contribution in [2.45, 2.75) is 73.2 Å². The monoisotopic (exact) mass is 485 g/mol. The first-order chi connectivity index (χ1) is 17.0. The maximum absolute atomic E-state index is 12.7. The molecular weight excluding hydrogens is 452 g/mol. The standard InChI is InChI=1S/C31H33O3S/c1-4-5-18-31(19-12-13-20-31)34-29(32)23-33-30-24(2)21-28(22-25(30)3)35(26-14-8-6-9-15-26)27-16-10-7-11-17-27/h6-11,14-17,21-22H,4,12-13,19-20,23H2,1-3H3/q+1. The van der Waals surface area contributed by atoms with Gasteiger partial charge in [-0.05, 0) is 74.9 Å². The summed E-state index contributed by atoms with van der Waals surface area (Å²) in [5.41, 5.74) is 1.39. The van der Waals surface area contributed by atoms with E-state index in [1.54, 1.807) is 0 Å². The largest absolute Gasteiger partial charge is 0.481 e. The highest BCUT2D eigenvalue weighted by Crippen LogP contribution is 2.36. The molecule has 180 valence electrons. The van der Waals surface area contributed by atoms with Crippen molar-refractivity contribution in [1.29, 1.82) is 0 Å². The van der Waals surface area contributed by atoms with Crippen molar-refractivity contribution < 1.29 is 14.3 Å². The molecule has 4 heteroatoms. The van der Waals surface area contributed by atoms with E-state index in [0.29, 0.717) is 0 Å². The minimum absolute atomic E-state index is 0.111. The summed E-state index contributed by atoms with van der Waals surface area (Å²) in [5.74, 6) is 6.70. The van der Waals surface area contributed by atoms with Gasteiger partial charge in [0.15, 0.2) is 26.9 Å². The van der Waals surface area contributed by atoms with Gasteiger partial charge in [0, 0.05) is 18.6 Å². The van der Waals surface area contributed by atoms with E-state index in [2.05, 4.69) is 72.5 Å². The van der Waals surface area contributed by atoms with Gasteiger partial charge in [-0.25, -0.2) is 4.79 Å². The van der Waals surface area contributed by atoms with Gasteiger partial charge in [0.05, 0.1) is 10.9 Å². The number of ether oxygens (including phenoxy) is 2. The van der Waals surface area contributed by atoms with E-state index in [1.165, 1.54) is 14.7 Å². The lowest BCUT2D eigenvalue weighted by Gasteiger charge is -2.23. The fourth-order valence-corrected chi connectivity index (χ4v) is 6.87. The van der Waals surface area contributed by atoms with Crippen LogP contribution in [0.1, 0.15) is 50.2 Å². The van der Waals surface area contributed by atoms with Crippen molar-refractivity contribution in [3.05, 3.63) is 83.9 Å². The zero-order valence-corrected chi connectivity index (χ0v) is 21.6. The summed E-state index contributed by atoms with van der Waals surface area (Å²) in [6.45, 7) is 5.98. The fourth-order valence-electron chi connectivity index (χ4n) is 4.60. The average Bonchev–Trinajstić information content (AvgIpc) is 3.32. The van der Waals surface area contributed by atoms with Crippen LogP contribution in [-0.2, 0) is 20.4 Å². The summed E-state index contributed by atoms with van der Waals surface area (Å²) >= 11 is 0. The quantitative estimate of drug-likeness (QED) is 0.204. The van der Waals surface area contributed by atoms with Crippen molar-refractivity contribution >= 4 is 16.9 Å². The molecule has 0 amide bonds. The highest BCUT2D eigenvalue weighted by molar-refractivity contribution is 7.97. The van der Waals surface area contributed by atoms with Crippen LogP contribution in [0.5, 0.6) is 5.75 Å². The molecule has 0 saturated heterocycles. The van der Waals surface area contributed by atoms with Crippen molar-refractivity contribution in [2.24, 2.45) is 0 Å². The number of aryl methyl sites for hydroxylation is 2. The third-order valence-corrected chi connectivity index (χ3v) is 8.37. The number of esters is 1. The normalized spacial score (nSPS) is 14.3. The number of hydrogen-bond donors (Lipinski definition) is 0. The minimum atomic E-state index is -0.635. The van der Waals surface area contributed by atoms with Crippen LogP contribution in [-0.4, -0.2) is 18.2 Å². The van der Waals surface area contributed by atoms with E-state index >= 15 is 0 Å². The lowest BCUT2D eigenvalue weighted by molar-refractivity contribution is -0.156. The Kier molecular flexibility index (Phi) is 8.21. The molecule has 4 rings (SSSR count). The minimum Gasteiger partial charge on any atom is -0.481 e. The van der Waals surface area contributed by atoms with E-state index in [0.717, 1.165) is 49.0 Å². The molecular formula is C31H33O3S+. The van der Waals surface area contributed by atoms with Crippen LogP contribution in [0.4, 0.5) is 0 Å². The number of rotatable bonds is 7. The van der Waals surface area contributed by atoms with Gasteiger partial charge in [-0.2, -0.15) is 0 Å². The maximum atomic E-state index is 12.7. The number of benzene rings is 3. The summed E-state index contributed by atoms with van der Waals surface area (Å²) in [7, 11) is -0.231. The molecule has 0 aliphatic heterocycles. The molecule has 0 spiro atoms. The molecule has 0 atom stereocenters. The molecule has 0 N–H and O–H groups in total. The summed E-state index contributed by atoms with van der Waals surface area (Å²) in [6, 6.07) is 25.5. The van der Waals surface area contributed by atoms with Crippen LogP contribution < -0.4 is 4.74 Å². The molecule has 3 nitrogen and oxygen atoms in total. The van der Waals surface area contributed by atoms with Crippen molar-refractivity contribution in [1.82, 2.24) is 0 Å². The number of carbonyl (C=O) groups is 1. The van der Waals surface area contributed by atoms with Crippen LogP contribution in [0, 0.1) is 25.7 Å². The smallest absolute Gasteiger partial charge is 0.345 e. The van der Waals surface area contributed by atoms with Crippen molar-refractivity contribution in [3.63, 3.8) is 0 Å². The number of carbonyl (C=O) groups excluding carboxylic acids is 1. The van der Waals surface area contributed by atoms with Gasteiger partial charge >= 0.3 is 5.97 Å². The Balaban J connectivity index is 1.54. The molecule has 35 heavy (non-hydrogen) atoms. The van der Waals surface area contributed by atoms with Gasteiger partial charge in [0.1, 0.15) is 5.75 Å². The molecule has 1 fully saturated rings. The SMILES string of the molecule is CCC#CC1(OC(=O)COc2c(C)cc([S+](c3ccccc3)c3ccccc3)cc2C)CCCC1. The van der Waals surface area contributed by atoms with E-state index in [-0.39, 0.29) is 23.5 Å². The topological polar surface area (TPSA) is 35.5 Å². The fraction of sp³-hybridized carbons (Fsp3) is 0.323. The molecule has 3 aromatic rings. The first-order valence-electron chi connectivity index (χ1n) is 12.3. The Morgan fingerprint density at radius 1 is 0.886 bits per heavy atom. The summed E-state index contributed by atoms with van der Waals surface area (Å²) in [6.07, 6.45) is 4.45. The van der Waals surface area contributed by atoms with Gasteiger partial charge in [-0.1, -0.05) is 55.2 Å². The number of hydrogen-bond acceptors (Lipinski definition) is 3. The molecule has 0 unspecified atom stereocenters. The molecule has 0 radical (unpaired) electrons. The summed E-state index contributed by atoms with van der Waals surface area (Å²) in [5, 5.41) is 0. The first kappa shape index (κ1) is 24.9. The van der Waals surface area contributed by atoms with Gasteiger partial charge in [0.2, 0.25) is 0 Å². The Bertz CT molecular complexity index is 1140. The first-order valence-corrected chi connectivity index (χ1v) is 13.5. The van der Waals surface area contributed by atoms with Gasteiger partial charge in [-0.3, -0.25) is 0 Å². The molecule has 1 saturated carbocycles. The molecule has 3 aromatic carbocycles. The van der Waals surface area contributed by atoms with Crippen molar-refractivity contribution in [3.8, 4) is 17.6 Å². The molecule has 0 bridgehead atoms. The second kappa shape index (κ2) is 11.5.